The van der Waals surface area contributed by atoms with Crippen LogP contribution in [0.1, 0.15) is 6.92 Å². The number of halogens is 1. The smallest absolute Gasteiger partial charge is 0.248 e. The van der Waals surface area contributed by atoms with Gasteiger partial charge in [-0.3, -0.25) is 9.10 Å². The Bertz CT molecular complexity index is 854. The van der Waals surface area contributed by atoms with Crippen LogP contribution < -0.4 is 9.62 Å². The quantitative estimate of drug-likeness (QED) is 0.778. The lowest BCUT2D eigenvalue weighted by molar-refractivity contribution is -0.116. The number of carbonyl (C=O) groups is 1. The summed E-state index contributed by atoms with van der Waals surface area (Å²) in [6, 6.07) is 11.2. The van der Waals surface area contributed by atoms with Gasteiger partial charge in [0.05, 0.1) is 17.6 Å². The highest BCUT2D eigenvalue weighted by atomic mass is 32.2. The summed E-state index contributed by atoms with van der Waals surface area (Å²) < 4.78 is 38.5. The number of nitrogens with zero attached hydrogens (tertiary/aromatic N) is 1. The van der Waals surface area contributed by atoms with Gasteiger partial charge in [-0.1, -0.05) is 12.1 Å². The van der Waals surface area contributed by atoms with Gasteiger partial charge < -0.3 is 5.32 Å². The van der Waals surface area contributed by atoms with Gasteiger partial charge in [-0.05, 0) is 49.6 Å². The highest BCUT2D eigenvalue weighted by Crippen LogP contribution is 2.26. The van der Waals surface area contributed by atoms with Crippen LogP contribution in [0.5, 0.6) is 0 Å². The van der Waals surface area contributed by atoms with Gasteiger partial charge in [0.15, 0.2) is 0 Å². The first-order valence-electron chi connectivity index (χ1n) is 7.43. The van der Waals surface area contributed by atoms with E-state index in [0.717, 1.165) is 27.6 Å². The Morgan fingerprint density at radius 2 is 1.76 bits per heavy atom. The number of sulfonamides is 1. The first kappa shape index (κ1) is 19.3. The molecule has 0 aliphatic heterocycles. The van der Waals surface area contributed by atoms with E-state index in [1.165, 1.54) is 30.8 Å². The van der Waals surface area contributed by atoms with Crippen molar-refractivity contribution in [3.05, 3.63) is 54.3 Å². The minimum atomic E-state index is -3.74. The average molecular weight is 382 g/mol. The topological polar surface area (TPSA) is 66.5 Å². The summed E-state index contributed by atoms with van der Waals surface area (Å²) in [7, 11) is -3.74. The van der Waals surface area contributed by atoms with Gasteiger partial charge in [0.2, 0.25) is 15.9 Å². The van der Waals surface area contributed by atoms with E-state index in [4.69, 9.17) is 0 Å². The lowest BCUT2D eigenvalue weighted by atomic mass is 10.2. The van der Waals surface area contributed by atoms with Gasteiger partial charge in [-0.25, -0.2) is 12.8 Å². The van der Waals surface area contributed by atoms with Crippen molar-refractivity contribution in [1.29, 1.82) is 0 Å². The Kier molecular flexibility index (Phi) is 6.07. The minimum Gasteiger partial charge on any atom is -0.323 e. The number of thioether (sulfide) groups is 1. The summed E-state index contributed by atoms with van der Waals surface area (Å²) in [6.07, 6.45) is 2.89. The second kappa shape index (κ2) is 7.88. The molecule has 1 atom stereocenters. The van der Waals surface area contributed by atoms with Crippen molar-refractivity contribution in [2.75, 3.05) is 22.1 Å². The van der Waals surface area contributed by atoms with Crippen LogP contribution in [0.25, 0.3) is 0 Å². The first-order valence-corrected chi connectivity index (χ1v) is 10.5. The second-order valence-electron chi connectivity index (χ2n) is 5.40. The number of hydrogen-bond acceptors (Lipinski definition) is 4. The lowest BCUT2D eigenvalue weighted by Gasteiger charge is -2.28. The number of benzene rings is 2. The van der Waals surface area contributed by atoms with E-state index in [0.29, 0.717) is 5.69 Å². The number of amides is 1. The zero-order valence-electron chi connectivity index (χ0n) is 14.1. The molecule has 0 aliphatic rings. The van der Waals surface area contributed by atoms with E-state index in [-0.39, 0.29) is 5.69 Å². The molecule has 0 heterocycles. The van der Waals surface area contributed by atoms with Crippen LogP contribution in [0.3, 0.4) is 0 Å². The molecule has 5 nitrogen and oxygen atoms in total. The molecule has 1 amide bonds. The number of carbonyl (C=O) groups excluding carboxylic acids is 1. The van der Waals surface area contributed by atoms with Crippen molar-refractivity contribution in [3.63, 3.8) is 0 Å². The molecule has 0 radical (unpaired) electrons. The number of rotatable bonds is 6. The molecule has 2 rings (SSSR count). The van der Waals surface area contributed by atoms with E-state index in [1.807, 2.05) is 18.4 Å². The predicted octanol–water partition coefficient (Wildman–Crippen LogP) is 3.34. The van der Waals surface area contributed by atoms with Gasteiger partial charge >= 0.3 is 0 Å². The Balaban J connectivity index is 2.31. The maximum Gasteiger partial charge on any atom is 0.248 e. The molecule has 1 N–H and O–H groups in total. The molecular formula is C17H19FN2O3S2. The summed E-state index contributed by atoms with van der Waals surface area (Å²) in [6.45, 7) is 1.49. The normalized spacial score (nSPS) is 12.5. The maximum absolute atomic E-state index is 13.1. The van der Waals surface area contributed by atoms with Crippen LogP contribution in [0.4, 0.5) is 15.8 Å². The van der Waals surface area contributed by atoms with Crippen molar-refractivity contribution in [2.45, 2.75) is 17.9 Å². The lowest BCUT2D eigenvalue weighted by Crippen LogP contribution is -2.45. The zero-order chi connectivity index (χ0) is 18.6. The molecule has 1 unspecified atom stereocenters. The van der Waals surface area contributed by atoms with E-state index in [1.54, 1.807) is 12.1 Å². The van der Waals surface area contributed by atoms with Crippen molar-refractivity contribution >= 4 is 39.1 Å². The molecule has 8 heteroatoms. The second-order valence-corrected chi connectivity index (χ2v) is 8.11. The molecule has 134 valence electrons. The number of para-hydroxylation sites is 1. The van der Waals surface area contributed by atoms with Gasteiger partial charge in [0, 0.05) is 4.90 Å². The molecule has 25 heavy (non-hydrogen) atoms. The third kappa shape index (κ3) is 4.73. The van der Waals surface area contributed by atoms with Crippen molar-refractivity contribution in [3.8, 4) is 0 Å². The third-order valence-corrected chi connectivity index (χ3v) is 5.57. The van der Waals surface area contributed by atoms with Crippen molar-refractivity contribution < 1.29 is 17.6 Å². The van der Waals surface area contributed by atoms with Crippen LogP contribution in [-0.4, -0.2) is 32.9 Å². The third-order valence-electron chi connectivity index (χ3n) is 3.53. The van der Waals surface area contributed by atoms with Gasteiger partial charge in [0.25, 0.3) is 0 Å². The van der Waals surface area contributed by atoms with Gasteiger partial charge in [-0.2, -0.15) is 0 Å². The molecule has 0 spiro atoms. The molecule has 0 bridgehead atoms. The largest absolute Gasteiger partial charge is 0.323 e. The Morgan fingerprint density at radius 3 is 2.32 bits per heavy atom. The number of nitrogens with one attached hydrogen (secondary N) is 1. The predicted molar refractivity (Wildman–Crippen MR) is 100 cm³/mol. The molecule has 2 aromatic rings. The Hall–Kier alpha value is -2.06. The molecular weight excluding hydrogens is 363 g/mol. The zero-order valence-corrected chi connectivity index (χ0v) is 15.7. The molecule has 0 saturated carbocycles. The summed E-state index contributed by atoms with van der Waals surface area (Å²) >= 11 is 1.47. The fourth-order valence-corrected chi connectivity index (χ4v) is 4.11. The van der Waals surface area contributed by atoms with E-state index >= 15 is 0 Å². The standard InChI is InChI=1S/C17H19FN2O3S2/c1-12(17(21)19-15-6-4-5-7-16(15)24-2)20(25(3,22)23)14-10-8-13(18)9-11-14/h4-12H,1-3H3,(H,19,21). The SMILES string of the molecule is CSc1ccccc1NC(=O)C(C)N(c1ccc(F)cc1)S(C)(=O)=O. The molecule has 0 aromatic heterocycles. The molecule has 2 aromatic carbocycles. The number of hydrogen-bond donors (Lipinski definition) is 1. The van der Waals surface area contributed by atoms with E-state index in [2.05, 4.69) is 5.32 Å². The van der Waals surface area contributed by atoms with E-state index in [9.17, 15) is 17.6 Å². The van der Waals surface area contributed by atoms with Crippen LogP contribution in [-0.2, 0) is 14.8 Å². The van der Waals surface area contributed by atoms with Gasteiger partial charge in [-0.15, -0.1) is 11.8 Å². The Morgan fingerprint density at radius 1 is 1.16 bits per heavy atom. The van der Waals surface area contributed by atoms with Crippen LogP contribution in [0.2, 0.25) is 0 Å². The van der Waals surface area contributed by atoms with Crippen LogP contribution in [0, 0.1) is 5.82 Å². The molecule has 0 aliphatic carbocycles. The van der Waals surface area contributed by atoms with E-state index < -0.39 is 27.8 Å². The Labute approximate surface area is 151 Å². The maximum atomic E-state index is 13.1. The van der Waals surface area contributed by atoms with Crippen LogP contribution >= 0.6 is 11.8 Å². The highest BCUT2D eigenvalue weighted by molar-refractivity contribution is 7.98. The minimum absolute atomic E-state index is 0.227. The van der Waals surface area contributed by atoms with Crippen LogP contribution in [0.15, 0.2) is 53.4 Å². The summed E-state index contributed by atoms with van der Waals surface area (Å²) in [5.41, 5.74) is 0.837. The monoisotopic (exact) mass is 382 g/mol. The molecule has 0 fully saturated rings. The van der Waals surface area contributed by atoms with Crippen molar-refractivity contribution in [1.82, 2.24) is 0 Å². The summed E-state index contributed by atoms with van der Waals surface area (Å²) in [5.74, 6) is -0.959. The molecule has 0 saturated heterocycles. The van der Waals surface area contributed by atoms with Gasteiger partial charge in [0.1, 0.15) is 11.9 Å². The number of anilines is 2. The fourth-order valence-electron chi connectivity index (χ4n) is 2.38. The fraction of sp³-hybridized carbons (Fsp3) is 0.235. The van der Waals surface area contributed by atoms with Crippen molar-refractivity contribution in [2.24, 2.45) is 0 Å². The highest BCUT2D eigenvalue weighted by Gasteiger charge is 2.29. The summed E-state index contributed by atoms with van der Waals surface area (Å²) in [4.78, 5) is 13.5. The summed E-state index contributed by atoms with van der Waals surface area (Å²) in [5, 5.41) is 2.75. The first-order chi connectivity index (χ1) is 11.7. The average Bonchev–Trinajstić information content (AvgIpc) is 2.56.